The third kappa shape index (κ3) is 3.17. The Kier molecular flexibility index (Phi) is 4.70. The molecule has 3 saturated heterocycles. The maximum Gasteiger partial charge on any atom is 0.310 e. The highest BCUT2D eigenvalue weighted by atomic mass is 16.6. The smallest absolute Gasteiger partial charge is 0.310 e. The quantitative estimate of drug-likeness (QED) is 0.427. The number of likely N-dealkylation sites (tertiary alicyclic amines) is 1. The predicted molar refractivity (Wildman–Crippen MR) is 104 cm³/mol. The van der Waals surface area contributed by atoms with Crippen LogP contribution in [0.15, 0.2) is 0 Å². The molecule has 0 bridgehead atoms. The van der Waals surface area contributed by atoms with Crippen molar-refractivity contribution in [3.05, 3.63) is 0 Å². The molecule has 5 aliphatic rings. The second-order valence-corrected chi connectivity index (χ2v) is 10.1. The first kappa shape index (κ1) is 18.9. The molecule has 3 heterocycles. The van der Waals surface area contributed by atoms with Crippen LogP contribution in [-0.4, -0.2) is 61.3 Å². The third-order valence-electron chi connectivity index (χ3n) is 8.40. The normalized spacial score (nSPS) is 44.5. The lowest BCUT2D eigenvalue weighted by Gasteiger charge is -2.51. The minimum absolute atomic E-state index is 0.00904. The van der Waals surface area contributed by atoms with Crippen LogP contribution in [0.4, 0.5) is 0 Å². The molecule has 6 nitrogen and oxygen atoms in total. The largest absolute Gasteiger partial charge is 0.462 e. The van der Waals surface area contributed by atoms with Crippen molar-refractivity contribution in [2.45, 2.75) is 70.0 Å². The maximum absolute atomic E-state index is 12.6. The van der Waals surface area contributed by atoms with Crippen LogP contribution in [0.25, 0.3) is 0 Å². The van der Waals surface area contributed by atoms with E-state index in [0.29, 0.717) is 24.8 Å². The van der Waals surface area contributed by atoms with Crippen molar-refractivity contribution >= 4 is 11.9 Å². The van der Waals surface area contributed by atoms with Crippen molar-refractivity contribution in [1.82, 2.24) is 10.2 Å². The van der Waals surface area contributed by atoms with Gasteiger partial charge in [0.2, 0.25) is 5.91 Å². The predicted octanol–water partition coefficient (Wildman–Crippen LogP) is 2.12. The summed E-state index contributed by atoms with van der Waals surface area (Å²) in [6.07, 6.45) is 8.48. The van der Waals surface area contributed by atoms with E-state index in [0.717, 1.165) is 51.9 Å². The Bertz CT molecular complexity index is 648. The lowest BCUT2D eigenvalue weighted by molar-refractivity contribution is -0.147. The highest BCUT2D eigenvalue weighted by Crippen LogP contribution is 2.62. The molecule has 0 aromatic carbocycles. The molecule has 0 unspecified atom stereocenters. The molecule has 2 saturated carbocycles. The molecule has 5 fully saturated rings. The summed E-state index contributed by atoms with van der Waals surface area (Å²) in [5, 5.41) is 3.48. The van der Waals surface area contributed by atoms with E-state index >= 15 is 0 Å². The SMILES string of the molecule is C[C@]12CCC[C@]3(CO3)[C@@H]1C[C@@H]1[C@H](CNCCCN3CCCC3=O)C(=O)O[C@@H]1C2. The number of carbonyl (C=O) groups excluding carboxylic acids is 2. The van der Waals surface area contributed by atoms with Crippen LogP contribution in [0.2, 0.25) is 0 Å². The number of ether oxygens (including phenoxy) is 2. The van der Waals surface area contributed by atoms with Gasteiger partial charge in [-0.15, -0.1) is 0 Å². The number of rotatable bonds is 6. The van der Waals surface area contributed by atoms with Gasteiger partial charge in [0.05, 0.1) is 18.1 Å². The zero-order chi connectivity index (χ0) is 19.4. The number of carbonyl (C=O) groups is 2. The van der Waals surface area contributed by atoms with Gasteiger partial charge in [-0.1, -0.05) is 6.92 Å². The highest BCUT2D eigenvalue weighted by Gasteiger charge is 2.64. The Labute approximate surface area is 167 Å². The molecule has 6 heteroatoms. The van der Waals surface area contributed by atoms with E-state index in [1.54, 1.807) is 0 Å². The van der Waals surface area contributed by atoms with Crippen molar-refractivity contribution in [2.75, 3.05) is 32.8 Å². The molecule has 1 spiro atoms. The van der Waals surface area contributed by atoms with E-state index in [1.807, 2.05) is 4.90 Å². The summed E-state index contributed by atoms with van der Waals surface area (Å²) in [6.45, 7) is 6.59. The van der Waals surface area contributed by atoms with Gasteiger partial charge in [0.15, 0.2) is 0 Å². The number of hydrogen-bond acceptors (Lipinski definition) is 5. The number of esters is 1. The molecule has 5 rings (SSSR count). The summed E-state index contributed by atoms with van der Waals surface area (Å²) < 4.78 is 11.8. The molecule has 28 heavy (non-hydrogen) atoms. The maximum atomic E-state index is 12.6. The van der Waals surface area contributed by atoms with Gasteiger partial charge in [-0.3, -0.25) is 9.59 Å². The number of hydrogen-bond donors (Lipinski definition) is 1. The topological polar surface area (TPSA) is 71.2 Å². The zero-order valence-electron chi connectivity index (χ0n) is 17.1. The Balaban J connectivity index is 1.15. The molecule has 2 aliphatic carbocycles. The van der Waals surface area contributed by atoms with Crippen molar-refractivity contribution in [1.29, 1.82) is 0 Å². The molecule has 6 atom stereocenters. The van der Waals surface area contributed by atoms with Crippen molar-refractivity contribution in [3.63, 3.8) is 0 Å². The zero-order valence-corrected chi connectivity index (χ0v) is 17.1. The Morgan fingerprint density at radius 2 is 2.11 bits per heavy atom. The number of amides is 1. The lowest BCUT2D eigenvalue weighted by Crippen LogP contribution is -2.51. The van der Waals surface area contributed by atoms with Gasteiger partial charge in [0, 0.05) is 32.0 Å². The molecule has 156 valence electrons. The van der Waals surface area contributed by atoms with Crippen molar-refractivity contribution < 1.29 is 19.1 Å². The molecule has 0 radical (unpaired) electrons. The summed E-state index contributed by atoms with van der Waals surface area (Å²) in [5.41, 5.74) is 0.380. The van der Waals surface area contributed by atoms with E-state index in [1.165, 1.54) is 19.3 Å². The van der Waals surface area contributed by atoms with E-state index in [4.69, 9.17) is 9.47 Å². The summed E-state index contributed by atoms with van der Waals surface area (Å²) in [5.74, 6) is 1.16. The first-order valence-corrected chi connectivity index (χ1v) is 11.3. The van der Waals surface area contributed by atoms with Crippen LogP contribution in [0, 0.1) is 23.2 Å². The van der Waals surface area contributed by atoms with Crippen LogP contribution >= 0.6 is 0 Å². The average Bonchev–Trinajstić information content (AvgIpc) is 3.20. The average molecular weight is 391 g/mol. The molecular formula is C22H34N2O4. The fourth-order valence-electron chi connectivity index (χ4n) is 6.78. The van der Waals surface area contributed by atoms with Crippen LogP contribution in [0.1, 0.15) is 58.3 Å². The van der Waals surface area contributed by atoms with Gasteiger partial charge in [0.25, 0.3) is 0 Å². The van der Waals surface area contributed by atoms with Crippen molar-refractivity contribution in [2.24, 2.45) is 23.2 Å². The monoisotopic (exact) mass is 390 g/mol. The third-order valence-corrected chi connectivity index (χ3v) is 8.40. The molecule has 0 aromatic rings. The van der Waals surface area contributed by atoms with Gasteiger partial charge in [-0.2, -0.15) is 0 Å². The first-order valence-electron chi connectivity index (χ1n) is 11.3. The minimum atomic E-state index is -0.0271. The fraction of sp³-hybridized carbons (Fsp3) is 0.909. The van der Waals surface area contributed by atoms with Gasteiger partial charge < -0.3 is 19.7 Å². The van der Waals surface area contributed by atoms with Crippen LogP contribution in [-0.2, 0) is 19.1 Å². The number of nitrogens with zero attached hydrogens (tertiary/aromatic N) is 1. The number of fused-ring (bicyclic) bond motifs is 3. The van der Waals surface area contributed by atoms with Gasteiger partial charge in [0.1, 0.15) is 6.10 Å². The first-order chi connectivity index (χ1) is 13.5. The summed E-state index contributed by atoms with van der Waals surface area (Å²) in [7, 11) is 0. The summed E-state index contributed by atoms with van der Waals surface area (Å²) in [4.78, 5) is 26.2. The van der Waals surface area contributed by atoms with Crippen LogP contribution in [0.3, 0.4) is 0 Å². The molecular weight excluding hydrogens is 356 g/mol. The lowest BCUT2D eigenvalue weighted by atomic mass is 9.53. The fourth-order valence-corrected chi connectivity index (χ4v) is 6.78. The Morgan fingerprint density at radius 1 is 1.25 bits per heavy atom. The highest BCUT2D eigenvalue weighted by molar-refractivity contribution is 5.78. The molecule has 3 aliphatic heterocycles. The summed E-state index contributed by atoms with van der Waals surface area (Å²) >= 11 is 0. The minimum Gasteiger partial charge on any atom is -0.462 e. The van der Waals surface area contributed by atoms with Crippen LogP contribution in [0.5, 0.6) is 0 Å². The summed E-state index contributed by atoms with van der Waals surface area (Å²) in [6, 6.07) is 0. The molecule has 0 aromatic heterocycles. The Morgan fingerprint density at radius 3 is 2.86 bits per heavy atom. The van der Waals surface area contributed by atoms with E-state index in [9.17, 15) is 9.59 Å². The van der Waals surface area contributed by atoms with E-state index < -0.39 is 0 Å². The van der Waals surface area contributed by atoms with Gasteiger partial charge in [-0.05, 0) is 62.8 Å². The Hall–Kier alpha value is -1.14. The van der Waals surface area contributed by atoms with E-state index in [-0.39, 0.29) is 34.9 Å². The number of epoxide rings is 1. The van der Waals surface area contributed by atoms with Crippen LogP contribution < -0.4 is 5.32 Å². The van der Waals surface area contributed by atoms with Gasteiger partial charge in [-0.25, -0.2) is 0 Å². The van der Waals surface area contributed by atoms with E-state index in [2.05, 4.69) is 12.2 Å². The second-order valence-electron chi connectivity index (χ2n) is 10.1. The molecule has 1 N–H and O–H groups in total. The second kappa shape index (κ2) is 6.98. The number of nitrogens with one attached hydrogen (secondary N) is 1. The standard InChI is InChI=1S/C22H34N2O4/c1-21-6-3-7-22(14-27-22)18(21)11-15-16(20(26)28-17(15)12-21)13-23-8-4-10-24-9-2-5-19(24)25/h15-18,23H,2-14H2,1H3/t15-,16+,17-,18-,21-,22+/m1/s1. The molecule has 1 amide bonds. The van der Waals surface area contributed by atoms with Gasteiger partial charge >= 0.3 is 5.97 Å². The van der Waals surface area contributed by atoms with Crippen molar-refractivity contribution in [3.8, 4) is 0 Å².